The minimum atomic E-state index is 1.20. The Bertz CT molecular complexity index is 408. The molecule has 0 heterocycles. The zero-order valence-corrected chi connectivity index (χ0v) is 18.8. The average Bonchev–Trinajstić information content (AvgIpc) is 2.71. The van der Waals surface area contributed by atoms with Gasteiger partial charge in [-0.05, 0) is 12.8 Å². The standard InChI is InChI=1S/C28H47/c1-3-5-7-9-11-13-15-17-19-21-23-25-27-28-26-24-22-20-18-16-14-12-10-8-6-4-2/h1,3,5,7,9,11,13,15,17,19H,4,6,8,10,12,14,16,18,20-28H2,2H3/b3-1?,7-5+,11-9+,15-13+,19-17+. The fourth-order valence-electron chi connectivity index (χ4n) is 3.37. The lowest BCUT2D eigenvalue weighted by molar-refractivity contribution is 0.530. The van der Waals surface area contributed by atoms with Crippen LogP contribution in [-0.4, -0.2) is 0 Å². The van der Waals surface area contributed by atoms with Crippen LogP contribution >= 0.6 is 0 Å². The van der Waals surface area contributed by atoms with Crippen LogP contribution in [0.2, 0.25) is 0 Å². The Morgan fingerprint density at radius 1 is 0.429 bits per heavy atom. The molecule has 0 saturated heterocycles. The van der Waals surface area contributed by atoms with Gasteiger partial charge in [-0.1, -0.05) is 164 Å². The molecular formula is C28H47. The zero-order chi connectivity index (χ0) is 20.4. The molecule has 0 unspecified atom stereocenters. The van der Waals surface area contributed by atoms with Crippen LogP contribution in [0.15, 0.2) is 54.7 Å². The lowest BCUT2D eigenvalue weighted by atomic mass is 10.0. The molecular weight excluding hydrogens is 336 g/mol. The van der Waals surface area contributed by atoms with Gasteiger partial charge in [0, 0.05) is 0 Å². The molecule has 0 heteroatoms. The second kappa shape index (κ2) is 25.7. The van der Waals surface area contributed by atoms with Gasteiger partial charge < -0.3 is 0 Å². The fraction of sp³-hybridized carbons (Fsp3) is 0.643. The first-order chi connectivity index (χ1) is 13.9. The van der Waals surface area contributed by atoms with Crippen LogP contribution < -0.4 is 0 Å². The molecule has 0 aliphatic heterocycles. The monoisotopic (exact) mass is 383 g/mol. The summed E-state index contributed by atoms with van der Waals surface area (Å²) < 4.78 is 0. The molecule has 0 aliphatic rings. The Kier molecular flexibility index (Phi) is 24.5. The molecule has 0 aliphatic carbocycles. The van der Waals surface area contributed by atoms with E-state index in [-0.39, 0.29) is 0 Å². The van der Waals surface area contributed by atoms with Crippen LogP contribution in [0.25, 0.3) is 0 Å². The number of hydrogen-bond acceptors (Lipinski definition) is 0. The summed E-state index contributed by atoms with van der Waals surface area (Å²) >= 11 is 0. The van der Waals surface area contributed by atoms with Gasteiger partial charge in [-0.3, -0.25) is 0 Å². The second-order valence-electron chi connectivity index (χ2n) is 7.87. The van der Waals surface area contributed by atoms with Gasteiger partial charge >= 0.3 is 0 Å². The summed E-state index contributed by atoms with van der Waals surface area (Å²) in [5, 5.41) is 0. The largest absolute Gasteiger partial charge is 0.0845 e. The number of allylic oxidation sites excluding steroid dienone is 9. The van der Waals surface area contributed by atoms with Gasteiger partial charge in [0.2, 0.25) is 0 Å². The highest BCUT2D eigenvalue weighted by molar-refractivity contribution is 5.16. The third kappa shape index (κ3) is 24.7. The predicted molar refractivity (Wildman–Crippen MR) is 130 cm³/mol. The molecule has 0 aromatic carbocycles. The highest BCUT2D eigenvalue weighted by Gasteiger charge is 1.94. The Hall–Kier alpha value is -1.30. The van der Waals surface area contributed by atoms with Crippen molar-refractivity contribution in [3.8, 4) is 0 Å². The topological polar surface area (TPSA) is 0 Å². The Morgan fingerprint density at radius 3 is 1.21 bits per heavy atom. The molecule has 0 nitrogen and oxygen atoms in total. The molecule has 0 aromatic heterocycles. The van der Waals surface area contributed by atoms with Gasteiger partial charge in [0.1, 0.15) is 0 Å². The molecule has 0 rings (SSSR count). The zero-order valence-electron chi connectivity index (χ0n) is 18.8. The molecule has 28 heavy (non-hydrogen) atoms. The van der Waals surface area contributed by atoms with Crippen molar-refractivity contribution >= 4 is 0 Å². The summed E-state index contributed by atoms with van der Waals surface area (Å²) in [4.78, 5) is 0. The maximum absolute atomic E-state index is 5.25. The molecule has 0 bridgehead atoms. The first-order valence-electron chi connectivity index (χ1n) is 12.1. The predicted octanol–water partition coefficient (Wildman–Crippen LogP) is 9.85. The average molecular weight is 384 g/mol. The van der Waals surface area contributed by atoms with E-state index in [1.54, 1.807) is 0 Å². The van der Waals surface area contributed by atoms with E-state index in [0.29, 0.717) is 0 Å². The summed E-state index contributed by atoms with van der Waals surface area (Å²) in [6, 6.07) is 0. The van der Waals surface area contributed by atoms with Crippen LogP contribution in [0.4, 0.5) is 0 Å². The molecule has 0 saturated carbocycles. The molecule has 0 amide bonds. The molecule has 0 atom stereocenters. The summed E-state index contributed by atoms with van der Waals surface area (Å²) in [7, 11) is 0. The van der Waals surface area contributed by atoms with E-state index in [0.717, 1.165) is 0 Å². The van der Waals surface area contributed by atoms with Crippen LogP contribution in [0.3, 0.4) is 0 Å². The van der Waals surface area contributed by atoms with Gasteiger partial charge in [-0.25, -0.2) is 0 Å². The minimum absolute atomic E-state index is 1.20. The Morgan fingerprint density at radius 2 is 0.786 bits per heavy atom. The van der Waals surface area contributed by atoms with Crippen LogP contribution in [0.5, 0.6) is 0 Å². The molecule has 0 fully saturated rings. The SMILES string of the molecule is [CH]=C/C=C/C=C/C=C/C=C/CCCCCCCCCCCCCCCCCC. The molecule has 0 N–H and O–H groups in total. The van der Waals surface area contributed by atoms with E-state index >= 15 is 0 Å². The Labute approximate surface area is 177 Å². The summed E-state index contributed by atoms with van der Waals surface area (Å²) in [6.45, 7) is 7.54. The lowest BCUT2D eigenvalue weighted by Gasteiger charge is -2.03. The van der Waals surface area contributed by atoms with Crippen molar-refractivity contribution in [2.45, 2.75) is 116 Å². The van der Waals surface area contributed by atoms with Crippen molar-refractivity contribution in [3.05, 3.63) is 61.3 Å². The van der Waals surface area contributed by atoms with E-state index in [2.05, 4.69) is 25.2 Å². The highest BCUT2D eigenvalue weighted by Crippen LogP contribution is 2.14. The van der Waals surface area contributed by atoms with E-state index in [9.17, 15) is 0 Å². The van der Waals surface area contributed by atoms with E-state index < -0.39 is 0 Å². The number of rotatable bonds is 21. The van der Waals surface area contributed by atoms with Gasteiger partial charge in [-0.15, -0.1) is 0 Å². The van der Waals surface area contributed by atoms with Gasteiger partial charge in [0.15, 0.2) is 0 Å². The van der Waals surface area contributed by atoms with Crippen molar-refractivity contribution < 1.29 is 0 Å². The van der Waals surface area contributed by atoms with Crippen LogP contribution in [0, 0.1) is 6.58 Å². The maximum Gasteiger partial charge on any atom is -0.0348 e. The summed E-state index contributed by atoms with van der Waals surface area (Å²) in [6.07, 6.45) is 42.0. The van der Waals surface area contributed by atoms with Crippen molar-refractivity contribution in [1.82, 2.24) is 0 Å². The number of hydrogen-bond donors (Lipinski definition) is 0. The lowest BCUT2D eigenvalue weighted by Crippen LogP contribution is -1.83. The van der Waals surface area contributed by atoms with E-state index in [4.69, 9.17) is 6.58 Å². The second-order valence-corrected chi connectivity index (χ2v) is 7.87. The highest BCUT2D eigenvalue weighted by atomic mass is 14.0. The third-order valence-corrected chi connectivity index (χ3v) is 5.14. The van der Waals surface area contributed by atoms with Gasteiger partial charge in [0.05, 0.1) is 0 Å². The van der Waals surface area contributed by atoms with Crippen molar-refractivity contribution in [2.75, 3.05) is 0 Å². The van der Waals surface area contributed by atoms with Crippen molar-refractivity contribution in [2.24, 2.45) is 0 Å². The summed E-state index contributed by atoms with van der Waals surface area (Å²) in [5.41, 5.74) is 0. The first kappa shape index (κ1) is 26.7. The third-order valence-electron chi connectivity index (χ3n) is 5.14. The van der Waals surface area contributed by atoms with Crippen LogP contribution in [-0.2, 0) is 0 Å². The van der Waals surface area contributed by atoms with E-state index in [1.165, 1.54) is 115 Å². The van der Waals surface area contributed by atoms with Gasteiger partial charge in [-0.2, -0.15) is 0 Å². The molecule has 0 spiro atoms. The van der Waals surface area contributed by atoms with E-state index in [1.807, 2.05) is 30.4 Å². The normalized spacial score (nSPS) is 12.3. The molecule has 159 valence electrons. The molecule has 1 radical (unpaired) electrons. The quantitative estimate of drug-likeness (QED) is 0.137. The number of unbranched alkanes of at least 4 members (excludes halogenated alkanes) is 16. The maximum atomic E-state index is 5.25. The van der Waals surface area contributed by atoms with Crippen molar-refractivity contribution in [1.29, 1.82) is 0 Å². The smallest absolute Gasteiger partial charge is 0.0348 e. The summed E-state index contributed by atoms with van der Waals surface area (Å²) in [5.74, 6) is 0. The Balaban J connectivity index is 3.18. The van der Waals surface area contributed by atoms with Crippen LogP contribution in [0.1, 0.15) is 116 Å². The minimum Gasteiger partial charge on any atom is -0.0845 e. The van der Waals surface area contributed by atoms with Gasteiger partial charge in [0.25, 0.3) is 0 Å². The van der Waals surface area contributed by atoms with Crippen molar-refractivity contribution in [3.63, 3.8) is 0 Å². The first-order valence-corrected chi connectivity index (χ1v) is 12.1. The fourth-order valence-corrected chi connectivity index (χ4v) is 3.37. The molecule has 0 aromatic rings.